The van der Waals surface area contributed by atoms with Crippen molar-refractivity contribution in [2.75, 3.05) is 21.3 Å². The zero-order chi connectivity index (χ0) is 18.4. The van der Waals surface area contributed by atoms with Crippen LogP contribution in [0, 0.1) is 0 Å². The van der Waals surface area contributed by atoms with Crippen molar-refractivity contribution >= 4 is 27.7 Å². The maximum atomic E-state index is 12.9. The van der Waals surface area contributed by atoms with Crippen LogP contribution in [-0.4, -0.2) is 33.1 Å². The van der Waals surface area contributed by atoms with Gasteiger partial charge in [-0.1, -0.05) is 34.1 Å². The summed E-state index contributed by atoms with van der Waals surface area (Å²) in [5.41, 5.74) is 1.83. The summed E-state index contributed by atoms with van der Waals surface area (Å²) in [6, 6.07) is 10.8. The number of benzene rings is 2. The monoisotopic (exact) mass is 406 g/mol. The van der Waals surface area contributed by atoms with E-state index in [2.05, 4.69) is 15.9 Å². The molecule has 132 valence electrons. The van der Waals surface area contributed by atoms with Crippen molar-refractivity contribution in [3.8, 4) is 11.5 Å². The molecule has 25 heavy (non-hydrogen) atoms. The number of Topliss-reactive ketones (excluding diaryl/α,β-unsaturated/α-hetero) is 1. The van der Waals surface area contributed by atoms with E-state index < -0.39 is 5.97 Å². The lowest BCUT2D eigenvalue weighted by molar-refractivity contribution is -0.139. The Morgan fingerprint density at radius 1 is 0.920 bits per heavy atom. The Hall–Kier alpha value is -2.34. The lowest BCUT2D eigenvalue weighted by Gasteiger charge is -2.14. The molecule has 0 saturated carbocycles. The highest BCUT2D eigenvalue weighted by molar-refractivity contribution is 9.10. The standard InChI is InChI=1S/C19H19BrO5/c1-23-17-9-13(10-19(22)25-3)14(11-18(17)24-2)16(21)8-12-6-4-5-7-15(12)20/h4-7,9,11H,8,10H2,1-3H3. The Kier molecular flexibility index (Phi) is 6.58. The summed E-state index contributed by atoms with van der Waals surface area (Å²) in [6.45, 7) is 0. The van der Waals surface area contributed by atoms with Gasteiger partial charge in [-0.3, -0.25) is 9.59 Å². The van der Waals surface area contributed by atoms with Gasteiger partial charge in [0.25, 0.3) is 0 Å². The maximum Gasteiger partial charge on any atom is 0.310 e. The van der Waals surface area contributed by atoms with Gasteiger partial charge in [0.05, 0.1) is 27.8 Å². The van der Waals surface area contributed by atoms with E-state index in [1.54, 1.807) is 12.1 Å². The third-order valence-electron chi connectivity index (χ3n) is 3.78. The Morgan fingerprint density at radius 3 is 2.16 bits per heavy atom. The molecular weight excluding hydrogens is 388 g/mol. The molecule has 0 atom stereocenters. The highest BCUT2D eigenvalue weighted by Crippen LogP contribution is 2.32. The number of ether oxygens (including phenoxy) is 3. The number of esters is 1. The summed E-state index contributed by atoms with van der Waals surface area (Å²) in [5, 5.41) is 0. The molecule has 0 aliphatic rings. The van der Waals surface area contributed by atoms with Crippen LogP contribution in [0.1, 0.15) is 21.5 Å². The highest BCUT2D eigenvalue weighted by atomic mass is 79.9. The van der Waals surface area contributed by atoms with E-state index >= 15 is 0 Å². The van der Waals surface area contributed by atoms with Crippen LogP contribution in [0.25, 0.3) is 0 Å². The molecule has 0 fully saturated rings. The molecule has 0 unspecified atom stereocenters. The molecule has 0 N–H and O–H groups in total. The van der Waals surface area contributed by atoms with Crippen LogP contribution in [0.5, 0.6) is 11.5 Å². The topological polar surface area (TPSA) is 61.8 Å². The quantitative estimate of drug-likeness (QED) is 0.519. The van der Waals surface area contributed by atoms with E-state index in [0.717, 1.165) is 10.0 Å². The Bertz CT molecular complexity index is 785. The maximum absolute atomic E-state index is 12.9. The minimum Gasteiger partial charge on any atom is -0.493 e. The number of hydrogen-bond donors (Lipinski definition) is 0. The first-order chi connectivity index (χ1) is 12.0. The largest absolute Gasteiger partial charge is 0.493 e. The van der Waals surface area contributed by atoms with Gasteiger partial charge in [-0.05, 0) is 29.3 Å². The molecule has 0 heterocycles. The van der Waals surface area contributed by atoms with Crippen LogP contribution >= 0.6 is 15.9 Å². The van der Waals surface area contributed by atoms with Crippen molar-refractivity contribution in [2.45, 2.75) is 12.8 Å². The van der Waals surface area contributed by atoms with Gasteiger partial charge in [-0.2, -0.15) is 0 Å². The second kappa shape index (κ2) is 8.67. The Morgan fingerprint density at radius 2 is 1.56 bits per heavy atom. The average molecular weight is 407 g/mol. The zero-order valence-corrected chi connectivity index (χ0v) is 15.9. The normalized spacial score (nSPS) is 10.2. The molecule has 6 heteroatoms. The lowest BCUT2D eigenvalue weighted by Crippen LogP contribution is -2.13. The molecule has 0 radical (unpaired) electrons. The van der Waals surface area contributed by atoms with Gasteiger partial charge >= 0.3 is 5.97 Å². The number of halogens is 1. The van der Waals surface area contributed by atoms with Crippen LogP contribution in [0.3, 0.4) is 0 Å². The number of carbonyl (C=O) groups is 2. The fourth-order valence-corrected chi connectivity index (χ4v) is 2.89. The van der Waals surface area contributed by atoms with Crippen molar-refractivity contribution in [1.82, 2.24) is 0 Å². The van der Waals surface area contributed by atoms with E-state index in [0.29, 0.717) is 22.6 Å². The predicted molar refractivity (Wildman–Crippen MR) is 97.4 cm³/mol. The Labute approximate surface area is 155 Å². The first kappa shape index (κ1) is 19.0. The number of hydrogen-bond acceptors (Lipinski definition) is 5. The molecule has 5 nitrogen and oxygen atoms in total. The summed E-state index contributed by atoms with van der Waals surface area (Å²) in [4.78, 5) is 24.6. The third kappa shape index (κ3) is 4.60. The van der Waals surface area contributed by atoms with Gasteiger partial charge in [-0.15, -0.1) is 0 Å². The van der Waals surface area contributed by atoms with Crippen LogP contribution < -0.4 is 9.47 Å². The predicted octanol–water partition coefficient (Wildman–Crippen LogP) is 3.61. The van der Waals surface area contributed by atoms with Gasteiger partial charge < -0.3 is 14.2 Å². The molecular formula is C19H19BrO5. The Balaban J connectivity index is 2.44. The van der Waals surface area contributed by atoms with Crippen LogP contribution in [0.2, 0.25) is 0 Å². The van der Waals surface area contributed by atoms with Crippen molar-refractivity contribution in [2.24, 2.45) is 0 Å². The molecule has 0 aliphatic heterocycles. The van der Waals surface area contributed by atoms with Gasteiger partial charge in [0.15, 0.2) is 17.3 Å². The van der Waals surface area contributed by atoms with Gasteiger partial charge in [-0.25, -0.2) is 0 Å². The SMILES string of the molecule is COC(=O)Cc1cc(OC)c(OC)cc1C(=O)Cc1ccccc1Br. The molecule has 0 aliphatic carbocycles. The summed E-state index contributed by atoms with van der Waals surface area (Å²) >= 11 is 3.45. The molecule has 2 aromatic carbocycles. The molecule has 2 rings (SSSR count). The fourth-order valence-electron chi connectivity index (χ4n) is 2.46. The molecule has 0 saturated heterocycles. The van der Waals surface area contributed by atoms with Gasteiger partial charge in [0, 0.05) is 16.5 Å². The zero-order valence-electron chi connectivity index (χ0n) is 14.3. The number of ketones is 1. The minimum absolute atomic E-state index is 0.0200. The van der Waals surface area contributed by atoms with Crippen LogP contribution in [-0.2, 0) is 22.4 Å². The number of rotatable bonds is 7. The van der Waals surface area contributed by atoms with E-state index in [9.17, 15) is 9.59 Å². The highest BCUT2D eigenvalue weighted by Gasteiger charge is 2.20. The summed E-state index contributed by atoms with van der Waals surface area (Å²) in [7, 11) is 4.31. The second-order valence-electron chi connectivity index (χ2n) is 5.31. The number of carbonyl (C=O) groups excluding carboxylic acids is 2. The molecule has 0 aromatic heterocycles. The first-order valence-electron chi connectivity index (χ1n) is 7.58. The minimum atomic E-state index is -0.429. The van der Waals surface area contributed by atoms with Crippen LogP contribution in [0.4, 0.5) is 0 Å². The lowest BCUT2D eigenvalue weighted by atomic mass is 9.96. The summed E-state index contributed by atoms with van der Waals surface area (Å²) in [5.74, 6) is 0.347. The summed E-state index contributed by atoms with van der Waals surface area (Å²) < 4.78 is 16.1. The van der Waals surface area contributed by atoms with Gasteiger partial charge in [0.2, 0.25) is 0 Å². The van der Waals surface area contributed by atoms with Crippen molar-refractivity contribution in [1.29, 1.82) is 0 Å². The van der Waals surface area contributed by atoms with E-state index in [1.807, 2.05) is 24.3 Å². The first-order valence-corrected chi connectivity index (χ1v) is 8.37. The smallest absolute Gasteiger partial charge is 0.310 e. The average Bonchev–Trinajstić information content (AvgIpc) is 2.62. The molecule has 0 amide bonds. The van der Waals surface area contributed by atoms with Crippen molar-refractivity contribution in [3.63, 3.8) is 0 Å². The molecule has 2 aromatic rings. The number of methoxy groups -OCH3 is 3. The fraction of sp³-hybridized carbons (Fsp3) is 0.263. The van der Waals surface area contributed by atoms with Crippen molar-refractivity contribution in [3.05, 3.63) is 57.6 Å². The molecule has 0 spiro atoms. The second-order valence-corrected chi connectivity index (χ2v) is 6.16. The third-order valence-corrected chi connectivity index (χ3v) is 4.55. The summed E-state index contributed by atoms with van der Waals surface area (Å²) in [6.07, 6.45) is 0.180. The van der Waals surface area contributed by atoms with Gasteiger partial charge in [0.1, 0.15) is 0 Å². The van der Waals surface area contributed by atoms with E-state index in [-0.39, 0.29) is 18.6 Å². The van der Waals surface area contributed by atoms with E-state index in [4.69, 9.17) is 14.2 Å². The van der Waals surface area contributed by atoms with E-state index in [1.165, 1.54) is 21.3 Å². The van der Waals surface area contributed by atoms with Crippen LogP contribution in [0.15, 0.2) is 40.9 Å². The molecule has 0 bridgehead atoms. The van der Waals surface area contributed by atoms with Crippen molar-refractivity contribution < 1.29 is 23.8 Å².